The van der Waals surface area contributed by atoms with Crippen LogP contribution in [0.5, 0.6) is 0 Å². The van der Waals surface area contributed by atoms with Crippen LogP contribution in [0.15, 0.2) is 107 Å². The first-order valence-corrected chi connectivity index (χ1v) is 14.3. The fourth-order valence-electron chi connectivity index (χ4n) is 4.44. The Hall–Kier alpha value is -3.68. The molecule has 0 aliphatic heterocycles. The summed E-state index contributed by atoms with van der Waals surface area (Å²) in [4.78, 5) is 17.7. The van der Waals surface area contributed by atoms with Crippen LogP contribution in [0.4, 0.5) is 11.4 Å². The topological polar surface area (TPSA) is 56.3 Å². The van der Waals surface area contributed by atoms with Crippen LogP contribution in [0.25, 0.3) is 40.9 Å². The first-order valence-electron chi connectivity index (χ1n) is 11.9. The molecule has 0 bridgehead atoms. The van der Waals surface area contributed by atoms with E-state index in [1.54, 1.807) is 22.7 Å². The zero-order valence-corrected chi connectivity index (χ0v) is 22.8. The van der Waals surface area contributed by atoms with E-state index in [4.69, 9.17) is 33.2 Å². The van der Waals surface area contributed by atoms with Gasteiger partial charge in [0.05, 0.1) is 52.2 Å². The molecular formula is C30H18Cl2N4S2. The molecule has 5 aromatic carbocycles. The minimum atomic E-state index is 0.690. The predicted octanol–water partition coefficient (Wildman–Crippen LogP) is 9.41. The normalized spacial score (nSPS) is 12.8. The summed E-state index contributed by atoms with van der Waals surface area (Å²) in [5.41, 5.74) is 5.55. The molecule has 7 aromatic rings. The van der Waals surface area contributed by atoms with Crippen molar-refractivity contribution in [3.63, 3.8) is 0 Å². The average Bonchev–Trinajstić information content (AvgIpc) is 2.94. The summed E-state index contributed by atoms with van der Waals surface area (Å²) in [6.07, 6.45) is 0. The summed E-state index contributed by atoms with van der Waals surface area (Å²) in [7, 11) is 0. The van der Waals surface area contributed by atoms with Crippen molar-refractivity contribution in [1.29, 1.82) is 0 Å². The number of H-pyrrole nitrogens is 2. The zero-order chi connectivity index (χ0) is 25.6. The van der Waals surface area contributed by atoms with Crippen LogP contribution in [0.1, 0.15) is 0 Å². The van der Waals surface area contributed by atoms with Crippen LogP contribution in [0.3, 0.4) is 0 Å². The number of halogens is 2. The number of hydrogen-bond donors (Lipinski definition) is 2. The molecule has 0 spiro atoms. The highest BCUT2D eigenvalue weighted by Crippen LogP contribution is 2.30. The summed E-state index contributed by atoms with van der Waals surface area (Å²) < 4.78 is 4.05. The Balaban J connectivity index is 1.77. The maximum atomic E-state index is 6.39. The maximum absolute atomic E-state index is 6.39. The van der Waals surface area contributed by atoms with E-state index in [1.165, 1.54) is 0 Å². The molecule has 0 aliphatic rings. The number of nitrogens with one attached hydrogen (secondary N) is 2. The predicted molar refractivity (Wildman–Crippen MR) is 163 cm³/mol. The molecular weight excluding hydrogens is 551 g/mol. The van der Waals surface area contributed by atoms with E-state index in [2.05, 4.69) is 9.97 Å². The molecule has 0 amide bonds. The molecule has 4 nitrogen and oxygen atoms in total. The Morgan fingerprint density at radius 1 is 0.526 bits per heavy atom. The number of benzene rings is 5. The summed E-state index contributed by atoms with van der Waals surface area (Å²) >= 11 is 16.1. The van der Waals surface area contributed by atoms with Crippen molar-refractivity contribution in [2.24, 2.45) is 9.98 Å². The average molecular weight is 570 g/mol. The lowest BCUT2D eigenvalue weighted by molar-refractivity contribution is 1.33. The van der Waals surface area contributed by atoms with Gasteiger partial charge in [0.1, 0.15) is 10.7 Å². The zero-order valence-electron chi connectivity index (χ0n) is 19.7. The van der Waals surface area contributed by atoms with Gasteiger partial charge in [0.25, 0.3) is 0 Å². The number of aromatic nitrogens is 2. The van der Waals surface area contributed by atoms with E-state index in [0.717, 1.165) is 63.0 Å². The number of hydrogen-bond acceptors (Lipinski definition) is 4. The molecule has 2 aromatic heterocycles. The van der Waals surface area contributed by atoms with Crippen molar-refractivity contribution in [3.05, 3.63) is 118 Å². The lowest BCUT2D eigenvalue weighted by Crippen LogP contribution is -2.16. The number of para-hydroxylation sites is 2. The molecule has 0 atom stereocenters. The second-order valence-electron chi connectivity index (χ2n) is 8.74. The summed E-state index contributed by atoms with van der Waals surface area (Å²) in [5.74, 6) is 0. The molecule has 2 heterocycles. The highest BCUT2D eigenvalue weighted by Gasteiger charge is 2.14. The van der Waals surface area contributed by atoms with Crippen LogP contribution in [0, 0.1) is 0 Å². The highest BCUT2D eigenvalue weighted by atomic mass is 35.5. The van der Waals surface area contributed by atoms with Gasteiger partial charge in [-0.2, -0.15) is 0 Å². The molecule has 0 radical (unpaired) electrons. The van der Waals surface area contributed by atoms with Crippen molar-refractivity contribution in [2.45, 2.75) is 0 Å². The molecule has 184 valence electrons. The molecule has 7 rings (SSSR count). The van der Waals surface area contributed by atoms with Crippen molar-refractivity contribution >= 4 is 98.1 Å². The third kappa shape index (κ3) is 4.25. The van der Waals surface area contributed by atoms with E-state index < -0.39 is 0 Å². The molecule has 0 unspecified atom stereocenters. The third-order valence-electron chi connectivity index (χ3n) is 6.18. The quantitative estimate of drug-likeness (QED) is 0.195. The van der Waals surface area contributed by atoms with Crippen LogP contribution >= 0.6 is 45.9 Å². The van der Waals surface area contributed by atoms with Gasteiger partial charge >= 0.3 is 0 Å². The molecule has 0 aliphatic carbocycles. The third-order valence-corrected chi connectivity index (χ3v) is 8.97. The molecule has 0 fully saturated rings. The van der Waals surface area contributed by atoms with Gasteiger partial charge in [-0.15, -0.1) is 22.7 Å². The molecule has 0 saturated carbocycles. The van der Waals surface area contributed by atoms with E-state index in [9.17, 15) is 0 Å². The van der Waals surface area contributed by atoms with Crippen LogP contribution in [0.2, 0.25) is 10.0 Å². The van der Waals surface area contributed by atoms with E-state index >= 15 is 0 Å². The minimum absolute atomic E-state index is 0.690. The van der Waals surface area contributed by atoms with Crippen LogP contribution in [-0.4, -0.2) is 9.97 Å². The summed E-state index contributed by atoms with van der Waals surface area (Å²) in [5, 5.41) is 3.08. The second-order valence-corrected chi connectivity index (χ2v) is 11.7. The summed E-state index contributed by atoms with van der Waals surface area (Å²) in [6, 6.07) is 31.8. The molecule has 8 heteroatoms. The monoisotopic (exact) mass is 568 g/mol. The van der Waals surface area contributed by atoms with Gasteiger partial charge < -0.3 is 9.97 Å². The van der Waals surface area contributed by atoms with Crippen molar-refractivity contribution in [3.8, 4) is 0 Å². The van der Waals surface area contributed by atoms with Gasteiger partial charge in [-0.1, -0.05) is 59.6 Å². The maximum Gasteiger partial charge on any atom is 0.108 e. The first-order chi connectivity index (χ1) is 18.6. The first kappa shape index (κ1) is 23.4. The number of nitrogens with zero attached hydrogens (tertiary/aromatic N) is 2. The number of aromatic amines is 2. The van der Waals surface area contributed by atoms with Gasteiger partial charge in [-0.3, -0.25) is 0 Å². The lowest BCUT2D eigenvalue weighted by Gasteiger charge is -2.10. The van der Waals surface area contributed by atoms with E-state index in [1.807, 2.05) is 97.1 Å². The fraction of sp³-hybridized carbons (Fsp3) is 0. The molecule has 2 N–H and O–H groups in total. The Kier molecular flexibility index (Phi) is 5.90. The van der Waals surface area contributed by atoms with Gasteiger partial charge in [0, 0.05) is 10.0 Å². The molecule has 38 heavy (non-hydrogen) atoms. The second kappa shape index (κ2) is 9.57. The Morgan fingerprint density at radius 3 is 1.37 bits per heavy atom. The van der Waals surface area contributed by atoms with Crippen LogP contribution < -0.4 is 10.7 Å². The lowest BCUT2D eigenvalue weighted by atomic mass is 10.2. The van der Waals surface area contributed by atoms with Crippen molar-refractivity contribution in [1.82, 2.24) is 9.97 Å². The fourth-order valence-corrected chi connectivity index (χ4v) is 7.17. The smallest absolute Gasteiger partial charge is 0.108 e. The van der Waals surface area contributed by atoms with Gasteiger partial charge in [0.15, 0.2) is 0 Å². The number of rotatable bonds is 2. The Morgan fingerprint density at radius 2 is 0.947 bits per heavy atom. The van der Waals surface area contributed by atoms with Gasteiger partial charge in [0.2, 0.25) is 0 Å². The van der Waals surface area contributed by atoms with Crippen molar-refractivity contribution in [2.75, 3.05) is 0 Å². The summed E-state index contributed by atoms with van der Waals surface area (Å²) in [6.45, 7) is 0. The Bertz CT molecular complexity index is 2000. The minimum Gasteiger partial charge on any atom is -0.351 e. The van der Waals surface area contributed by atoms with Crippen LogP contribution in [-0.2, 0) is 0 Å². The van der Waals surface area contributed by atoms with Gasteiger partial charge in [-0.25, -0.2) is 9.98 Å². The highest BCUT2D eigenvalue weighted by molar-refractivity contribution is 7.25. The van der Waals surface area contributed by atoms with Gasteiger partial charge in [-0.05, 0) is 60.7 Å². The Labute approximate surface area is 234 Å². The largest absolute Gasteiger partial charge is 0.351 e. The standard InChI is InChI=1S/C30H18Cl2N4S2/c31-17-12-14-22-23(15-17)37-29-25(33-19-7-3-1-4-8-19)27-30(38-24-16-18(32)11-13-21(24)35-27)26(28(29)36-22)34-20-9-5-2-6-10-20/h1-16,35-36H. The van der Waals surface area contributed by atoms with E-state index in [-0.39, 0.29) is 0 Å². The number of fused-ring (bicyclic) bond motifs is 4. The van der Waals surface area contributed by atoms with Crippen molar-refractivity contribution < 1.29 is 0 Å². The van der Waals surface area contributed by atoms with E-state index in [0.29, 0.717) is 10.0 Å². The molecule has 0 saturated heterocycles. The SMILES string of the molecule is Clc1ccc2[nH]c3c(=Nc4ccccc4)c4sc5cc(Cl)ccc5[nH]c4c(=Nc4ccccc4)c3sc2c1.